The summed E-state index contributed by atoms with van der Waals surface area (Å²) in [4.78, 5) is 36.6. The van der Waals surface area contributed by atoms with Crippen LogP contribution in [0.2, 0.25) is 0 Å². The zero-order chi connectivity index (χ0) is 23.0. The van der Waals surface area contributed by atoms with Gasteiger partial charge in [0.2, 0.25) is 17.7 Å². The molecule has 4 rings (SSSR count). The summed E-state index contributed by atoms with van der Waals surface area (Å²) < 4.78 is 1.71. The highest BCUT2D eigenvalue weighted by atomic mass is 16.2. The number of benzene rings is 2. The number of nitrogens with zero attached hydrogens (tertiary/aromatic N) is 4. The van der Waals surface area contributed by atoms with Crippen LogP contribution in [-0.4, -0.2) is 51.3 Å². The maximum absolute atomic E-state index is 12.4. The topological polar surface area (TPSA) is 109 Å². The molecule has 0 bridgehead atoms. The fourth-order valence-corrected chi connectivity index (χ4v) is 3.41. The Balaban J connectivity index is 1.18. The summed E-state index contributed by atoms with van der Waals surface area (Å²) in [6.45, 7) is 0.334. The molecule has 0 atom stereocenters. The first-order valence-corrected chi connectivity index (χ1v) is 10.7. The van der Waals surface area contributed by atoms with E-state index in [0.29, 0.717) is 18.7 Å². The van der Waals surface area contributed by atoms with Crippen molar-refractivity contribution in [3.8, 4) is 5.69 Å². The van der Waals surface area contributed by atoms with Gasteiger partial charge >= 0.3 is 0 Å². The van der Waals surface area contributed by atoms with Gasteiger partial charge in [0.15, 0.2) is 0 Å². The van der Waals surface area contributed by atoms with Crippen LogP contribution in [0, 0.1) is 0 Å². The van der Waals surface area contributed by atoms with Gasteiger partial charge in [-0.1, -0.05) is 30.3 Å². The molecule has 9 heteroatoms. The average molecular weight is 444 g/mol. The standard InChI is InChI=1S/C24H24N6O3/c31-22(11-12-24(33)30-16-13-21(28-30)18-5-2-1-3-6-18)25-17-23(32)27-19-7-9-20(10-8-19)29-15-4-14-26-29/h1-10,14-15H,11-13,16-17H2,(H,25,31)(H,27,32). The first-order valence-electron chi connectivity index (χ1n) is 10.7. The van der Waals surface area contributed by atoms with Gasteiger partial charge in [0.05, 0.1) is 24.5 Å². The molecule has 0 saturated carbocycles. The Morgan fingerprint density at radius 3 is 2.42 bits per heavy atom. The van der Waals surface area contributed by atoms with Gasteiger partial charge < -0.3 is 10.6 Å². The lowest BCUT2D eigenvalue weighted by atomic mass is 10.1. The van der Waals surface area contributed by atoms with Crippen LogP contribution in [0.15, 0.2) is 78.2 Å². The first kappa shape index (κ1) is 21.9. The van der Waals surface area contributed by atoms with E-state index in [4.69, 9.17) is 0 Å². The third-order valence-electron chi connectivity index (χ3n) is 5.13. The average Bonchev–Trinajstić information content (AvgIpc) is 3.55. The Kier molecular flexibility index (Phi) is 6.89. The van der Waals surface area contributed by atoms with E-state index in [2.05, 4.69) is 20.8 Å². The zero-order valence-corrected chi connectivity index (χ0v) is 18.0. The van der Waals surface area contributed by atoms with Crippen LogP contribution in [-0.2, 0) is 14.4 Å². The third-order valence-corrected chi connectivity index (χ3v) is 5.13. The van der Waals surface area contributed by atoms with Crippen molar-refractivity contribution in [2.45, 2.75) is 19.3 Å². The molecule has 1 aliphatic heterocycles. The molecule has 0 fully saturated rings. The SMILES string of the molecule is O=C(CCC(=O)N1CCC(c2ccccc2)=N1)NCC(=O)Nc1ccc(-n2cccn2)cc1. The molecule has 1 aromatic heterocycles. The van der Waals surface area contributed by atoms with E-state index in [0.717, 1.165) is 17.0 Å². The van der Waals surface area contributed by atoms with Crippen LogP contribution in [0.25, 0.3) is 5.69 Å². The molecule has 2 aromatic carbocycles. The molecule has 0 radical (unpaired) electrons. The Morgan fingerprint density at radius 1 is 0.909 bits per heavy atom. The third kappa shape index (κ3) is 5.91. The van der Waals surface area contributed by atoms with E-state index in [-0.39, 0.29) is 37.1 Å². The van der Waals surface area contributed by atoms with Crippen LogP contribution in [0.5, 0.6) is 0 Å². The van der Waals surface area contributed by atoms with Crippen molar-refractivity contribution in [2.24, 2.45) is 5.10 Å². The Morgan fingerprint density at radius 2 is 1.70 bits per heavy atom. The molecule has 1 aliphatic rings. The van der Waals surface area contributed by atoms with Gasteiger partial charge in [0.25, 0.3) is 0 Å². The van der Waals surface area contributed by atoms with E-state index < -0.39 is 0 Å². The van der Waals surface area contributed by atoms with Crippen LogP contribution in [0.3, 0.4) is 0 Å². The molecule has 2 heterocycles. The first-order chi connectivity index (χ1) is 16.1. The Labute approximate surface area is 191 Å². The highest BCUT2D eigenvalue weighted by Crippen LogP contribution is 2.15. The van der Waals surface area contributed by atoms with Gasteiger partial charge in [-0.2, -0.15) is 10.2 Å². The number of carbonyl (C=O) groups excluding carboxylic acids is 3. The molecule has 0 spiro atoms. The minimum absolute atomic E-state index is 0.00261. The van der Waals surface area contributed by atoms with Crippen LogP contribution >= 0.6 is 0 Å². The number of hydrogen-bond donors (Lipinski definition) is 2. The summed E-state index contributed by atoms with van der Waals surface area (Å²) in [6.07, 6.45) is 4.23. The molecule has 0 saturated heterocycles. The predicted molar refractivity (Wildman–Crippen MR) is 124 cm³/mol. The quantitative estimate of drug-likeness (QED) is 0.556. The number of carbonyl (C=O) groups is 3. The van der Waals surface area contributed by atoms with Gasteiger partial charge in [0, 0.05) is 37.3 Å². The van der Waals surface area contributed by atoms with Gasteiger partial charge in [0.1, 0.15) is 0 Å². The monoisotopic (exact) mass is 444 g/mol. The van der Waals surface area contributed by atoms with Crippen molar-refractivity contribution in [1.29, 1.82) is 0 Å². The second-order valence-corrected chi connectivity index (χ2v) is 7.50. The molecule has 9 nitrogen and oxygen atoms in total. The van der Waals surface area contributed by atoms with Crippen LogP contribution < -0.4 is 10.6 Å². The summed E-state index contributed by atoms with van der Waals surface area (Å²) in [5.74, 6) is -0.921. The van der Waals surface area contributed by atoms with E-state index in [1.807, 2.05) is 54.7 Å². The molecule has 3 amide bonds. The Hall–Kier alpha value is -4.27. The maximum Gasteiger partial charge on any atom is 0.243 e. The summed E-state index contributed by atoms with van der Waals surface area (Å²) in [7, 11) is 0. The van der Waals surface area contributed by atoms with E-state index >= 15 is 0 Å². The molecular weight excluding hydrogens is 420 g/mol. The number of rotatable bonds is 8. The number of hydrazone groups is 1. The van der Waals surface area contributed by atoms with E-state index in [1.165, 1.54) is 5.01 Å². The van der Waals surface area contributed by atoms with Crippen molar-refractivity contribution < 1.29 is 14.4 Å². The minimum atomic E-state index is -0.362. The summed E-state index contributed by atoms with van der Waals surface area (Å²) in [6, 6.07) is 18.7. The van der Waals surface area contributed by atoms with Gasteiger partial charge in [-0.05, 0) is 35.9 Å². The lowest BCUT2D eigenvalue weighted by Crippen LogP contribution is -2.33. The summed E-state index contributed by atoms with van der Waals surface area (Å²) in [5, 5.41) is 15.2. The van der Waals surface area contributed by atoms with E-state index in [9.17, 15) is 14.4 Å². The normalized spacial score (nSPS) is 12.8. The van der Waals surface area contributed by atoms with Gasteiger partial charge in [-0.15, -0.1) is 0 Å². The second kappa shape index (κ2) is 10.4. The maximum atomic E-state index is 12.4. The summed E-state index contributed by atoms with van der Waals surface area (Å²) in [5.41, 5.74) is 3.34. The largest absolute Gasteiger partial charge is 0.347 e. The van der Waals surface area contributed by atoms with Gasteiger partial charge in [-0.3, -0.25) is 14.4 Å². The molecule has 33 heavy (non-hydrogen) atoms. The van der Waals surface area contributed by atoms with Crippen molar-refractivity contribution in [2.75, 3.05) is 18.4 Å². The molecular formula is C24H24N6O3. The van der Waals surface area contributed by atoms with Gasteiger partial charge in [-0.25, -0.2) is 9.69 Å². The lowest BCUT2D eigenvalue weighted by Gasteiger charge is -2.11. The van der Waals surface area contributed by atoms with Crippen LogP contribution in [0.4, 0.5) is 5.69 Å². The van der Waals surface area contributed by atoms with E-state index in [1.54, 1.807) is 23.0 Å². The van der Waals surface area contributed by atoms with Crippen LogP contribution in [0.1, 0.15) is 24.8 Å². The molecule has 0 aliphatic carbocycles. The number of anilines is 1. The molecule has 0 unspecified atom stereocenters. The van der Waals surface area contributed by atoms with Crippen molar-refractivity contribution in [3.05, 3.63) is 78.6 Å². The number of aromatic nitrogens is 2. The Bertz CT molecular complexity index is 1140. The van der Waals surface area contributed by atoms with Crippen molar-refractivity contribution in [3.63, 3.8) is 0 Å². The number of hydrogen-bond acceptors (Lipinski definition) is 5. The smallest absolute Gasteiger partial charge is 0.243 e. The zero-order valence-electron chi connectivity index (χ0n) is 18.0. The second-order valence-electron chi connectivity index (χ2n) is 7.50. The lowest BCUT2D eigenvalue weighted by molar-refractivity contribution is -0.133. The minimum Gasteiger partial charge on any atom is -0.347 e. The predicted octanol–water partition coefficient (Wildman–Crippen LogP) is 2.34. The molecule has 168 valence electrons. The van der Waals surface area contributed by atoms with Crippen molar-refractivity contribution in [1.82, 2.24) is 20.1 Å². The van der Waals surface area contributed by atoms with Crippen molar-refractivity contribution >= 4 is 29.1 Å². The molecule has 3 aromatic rings. The molecule has 2 N–H and O–H groups in total. The highest BCUT2D eigenvalue weighted by Gasteiger charge is 2.22. The summed E-state index contributed by atoms with van der Waals surface area (Å²) >= 11 is 0. The number of nitrogens with one attached hydrogen (secondary N) is 2. The fourth-order valence-electron chi connectivity index (χ4n) is 3.41. The number of amides is 3. The fraction of sp³-hybridized carbons (Fsp3) is 0.208. The highest BCUT2D eigenvalue weighted by molar-refractivity contribution is 6.02.